The molecule has 3 atom stereocenters. The van der Waals surface area contributed by atoms with Gasteiger partial charge in [-0.25, -0.2) is 0 Å². The lowest BCUT2D eigenvalue weighted by Crippen LogP contribution is -2.69. The van der Waals surface area contributed by atoms with Crippen LogP contribution in [0.2, 0.25) is 10.1 Å². The molecule has 0 radical (unpaired) electrons. The number of esters is 1. The molecule has 1 heterocycles. The summed E-state index contributed by atoms with van der Waals surface area (Å²) >= 11 is 0. The Labute approximate surface area is 282 Å². The minimum atomic E-state index is -2.98. The minimum Gasteiger partial charge on any atom is -0.492 e. The lowest BCUT2D eigenvalue weighted by molar-refractivity contribution is -0.163. The number of hydrogen-bond donors (Lipinski definition) is 0. The average molecular weight is 665 g/mol. The molecule has 0 N–H and O–H groups in total. The maximum absolute atomic E-state index is 12.7. The molecule has 0 aromatic heterocycles. The number of carbonyl (C=O) groups excluding carboxylic acids is 1. The third-order valence-corrected chi connectivity index (χ3v) is 19.2. The van der Waals surface area contributed by atoms with Crippen LogP contribution in [0, 0.1) is 0 Å². The molecule has 1 aliphatic rings. The summed E-state index contributed by atoms with van der Waals surface area (Å²) in [5.74, 6) is -0.389. The van der Waals surface area contributed by atoms with Gasteiger partial charge in [-0.15, -0.1) is 0 Å². The van der Waals surface area contributed by atoms with Gasteiger partial charge >= 0.3 is 5.97 Å². The Balaban J connectivity index is 1.57. The molecule has 7 heteroatoms. The van der Waals surface area contributed by atoms with Crippen molar-refractivity contribution >= 4 is 43.4 Å². The Morgan fingerprint density at radius 3 is 1.38 bits per heavy atom. The van der Waals surface area contributed by atoms with Crippen molar-refractivity contribution in [3.05, 3.63) is 134 Å². The van der Waals surface area contributed by atoms with Crippen molar-refractivity contribution < 1.29 is 23.1 Å². The molecule has 0 aliphatic carbocycles. The monoisotopic (exact) mass is 664 g/mol. The van der Waals surface area contributed by atoms with Crippen LogP contribution in [0.1, 0.15) is 48.5 Å². The lowest BCUT2D eigenvalue weighted by atomic mass is 10.1. The summed E-state index contributed by atoms with van der Waals surface area (Å²) < 4.78 is 27.2. The van der Waals surface area contributed by atoms with Crippen molar-refractivity contribution in [1.29, 1.82) is 0 Å². The Bertz CT molecular complexity index is 1530. The topological polar surface area (TPSA) is 54.0 Å². The van der Waals surface area contributed by atoms with Crippen molar-refractivity contribution in [2.45, 2.75) is 76.9 Å². The second-order valence-corrected chi connectivity index (χ2v) is 22.9. The Kier molecular flexibility index (Phi) is 10.4. The zero-order valence-corrected chi connectivity index (χ0v) is 30.7. The zero-order chi connectivity index (χ0) is 33.7. The van der Waals surface area contributed by atoms with E-state index >= 15 is 0 Å². The van der Waals surface area contributed by atoms with Crippen molar-refractivity contribution in [3.63, 3.8) is 0 Å². The van der Waals surface area contributed by atoms with Crippen molar-refractivity contribution in [2.24, 2.45) is 0 Å². The fourth-order valence-corrected chi connectivity index (χ4v) is 16.3. The maximum Gasteiger partial charge on any atom is 0.303 e. The quantitative estimate of drug-likeness (QED) is 0.146. The van der Waals surface area contributed by atoms with Gasteiger partial charge in [-0.05, 0) is 36.9 Å². The second kappa shape index (κ2) is 14.2. The molecule has 0 saturated heterocycles. The lowest BCUT2D eigenvalue weighted by Gasteiger charge is -2.47. The van der Waals surface area contributed by atoms with Crippen molar-refractivity contribution in [3.8, 4) is 0 Å². The summed E-state index contributed by atoms with van der Waals surface area (Å²) in [6.45, 7) is 15.1. The van der Waals surface area contributed by atoms with Gasteiger partial charge in [0.1, 0.15) is 6.10 Å². The average Bonchev–Trinajstić information content (AvgIpc) is 3.05. The van der Waals surface area contributed by atoms with Gasteiger partial charge < -0.3 is 18.3 Å². The normalized spacial score (nSPS) is 18.7. The van der Waals surface area contributed by atoms with Crippen LogP contribution in [0.3, 0.4) is 0 Å². The number of carbonyl (C=O) groups is 1. The van der Waals surface area contributed by atoms with E-state index in [9.17, 15) is 4.79 Å². The summed E-state index contributed by atoms with van der Waals surface area (Å²) in [7, 11) is -5.87. The molecule has 246 valence electrons. The molecular formula is C40H48O5Si2. The van der Waals surface area contributed by atoms with Gasteiger partial charge in [-0.1, -0.05) is 163 Å². The third-order valence-electron chi connectivity index (χ3n) is 9.12. The van der Waals surface area contributed by atoms with E-state index in [1.807, 2.05) is 30.3 Å². The van der Waals surface area contributed by atoms with E-state index in [2.05, 4.69) is 139 Å². The van der Waals surface area contributed by atoms with Crippen molar-refractivity contribution in [1.82, 2.24) is 0 Å². The van der Waals surface area contributed by atoms with E-state index in [4.69, 9.17) is 18.3 Å². The van der Waals surface area contributed by atoms with E-state index in [0.29, 0.717) is 0 Å². The molecule has 47 heavy (non-hydrogen) atoms. The molecular weight excluding hydrogens is 617 g/mol. The number of ether oxygens (including phenoxy) is 2. The molecule has 5 nitrogen and oxygen atoms in total. The maximum atomic E-state index is 12.7. The first-order valence-electron chi connectivity index (χ1n) is 16.4. The highest BCUT2D eigenvalue weighted by Crippen LogP contribution is 2.40. The van der Waals surface area contributed by atoms with E-state index in [1.165, 1.54) is 17.3 Å². The first-order valence-corrected chi connectivity index (χ1v) is 20.2. The van der Waals surface area contributed by atoms with Crippen LogP contribution in [0.15, 0.2) is 134 Å². The molecule has 5 rings (SSSR count). The van der Waals surface area contributed by atoms with Gasteiger partial charge in [0.05, 0.1) is 12.9 Å². The molecule has 4 aromatic carbocycles. The van der Waals surface area contributed by atoms with Crippen molar-refractivity contribution in [2.75, 3.05) is 6.61 Å². The van der Waals surface area contributed by atoms with Gasteiger partial charge in [0.15, 0.2) is 12.2 Å². The molecule has 0 amide bonds. The standard InChI is InChI=1S/C40H48O5Si2/c1-31(41)44-38-36(45-47(40(5,6)7,34-24-16-10-17-25-34)35-26-18-11-19-27-35)28-29-42-37(38)30-43-46(39(2,3)4,32-20-12-8-13-21-32)33-22-14-9-15-23-33/h8-29,36-38H,30H2,1-7H3/t36-,37-,38-/m1/s1. The SMILES string of the molecule is CC(=O)O[C@@H]1[C@H](O[Si](c2ccccc2)(c2ccccc2)C(C)(C)C)C=CO[C@@H]1CO[Si](c1ccccc1)(c1ccccc1)C(C)(C)C. The molecule has 1 aliphatic heterocycles. The second-order valence-electron chi connectivity index (χ2n) is 14.3. The predicted molar refractivity (Wildman–Crippen MR) is 196 cm³/mol. The molecule has 0 spiro atoms. The van der Waals surface area contributed by atoms with E-state index in [1.54, 1.807) is 6.26 Å². The number of rotatable bonds is 10. The molecule has 0 fully saturated rings. The predicted octanol–water partition coefficient (Wildman–Crippen LogP) is 6.35. The summed E-state index contributed by atoms with van der Waals surface area (Å²) in [6.07, 6.45) is 1.71. The summed E-state index contributed by atoms with van der Waals surface area (Å²) in [5, 5.41) is 4.18. The van der Waals surface area contributed by atoms with Crippen LogP contribution in [-0.4, -0.2) is 47.5 Å². The summed E-state index contributed by atoms with van der Waals surface area (Å²) in [4.78, 5) is 12.7. The fourth-order valence-electron chi connectivity index (χ4n) is 7.06. The Morgan fingerprint density at radius 2 is 1.02 bits per heavy atom. The van der Waals surface area contributed by atoms with E-state index < -0.39 is 34.9 Å². The highest BCUT2D eigenvalue weighted by atomic mass is 28.4. The fraction of sp³-hybridized carbons (Fsp3) is 0.325. The van der Waals surface area contributed by atoms with Crippen LogP contribution in [0.4, 0.5) is 0 Å². The molecule has 4 aromatic rings. The highest BCUT2D eigenvalue weighted by Gasteiger charge is 2.55. The van der Waals surface area contributed by atoms with Gasteiger partial charge in [0.25, 0.3) is 16.6 Å². The minimum absolute atomic E-state index is 0.218. The van der Waals surface area contributed by atoms with Gasteiger partial charge in [-0.3, -0.25) is 4.79 Å². The van der Waals surface area contributed by atoms with E-state index in [-0.39, 0.29) is 22.7 Å². The summed E-state index contributed by atoms with van der Waals surface area (Å²) in [6, 6.07) is 42.1. The van der Waals surface area contributed by atoms with Gasteiger partial charge in [-0.2, -0.15) is 0 Å². The largest absolute Gasteiger partial charge is 0.492 e. The first-order chi connectivity index (χ1) is 22.4. The smallest absolute Gasteiger partial charge is 0.303 e. The van der Waals surface area contributed by atoms with Crippen LogP contribution in [0.5, 0.6) is 0 Å². The van der Waals surface area contributed by atoms with Crippen LogP contribution >= 0.6 is 0 Å². The first kappa shape index (κ1) is 34.6. The molecule has 0 bridgehead atoms. The third kappa shape index (κ3) is 6.95. The van der Waals surface area contributed by atoms with Crippen LogP contribution < -0.4 is 20.7 Å². The molecule has 0 saturated carbocycles. The Hall–Kier alpha value is -3.76. The number of benzene rings is 4. The van der Waals surface area contributed by atoms with Crippen LogP contribution in [0.25, 0.3) is 0 Å². The Morgan fingerprint density at radius 1 is 0.638 bits per heavy atom. The zero-order valence-electron chi connectivity index (χ0n) is 28.7. The molecule has 0 unspecified atom stereocenters. The highest BCUT2D eigenvalue weighted by molar-refractivity contribution is 7.00. The van der Waals surface area contributed by atoms with E-state index in [0.717, 1.165) is 10.4 Å². The summed E-state index contributed by atoms with van der Waals surface area (Å²) in [5.41, 5.74) is 0. The van der Waals surface area contributed by atoms with Gasteiger partial charge in [0.2, 0.25) is 0 Å². The van der Waals surface area contributed by atoms with Crippen LogP contribution in [-0.2, 0) is 23.1 Å². The number of hydrogen-bond acceptors (Lipinski definition) is 5. The van der Waals surface area contributed by atoms with Gasteiger partial charge in [0, 0.05) is 6.92 Å².